The first-order valence-electron chi connectivity index (χ1n) is 9.14. The van der Waals surface area contributed by atoms with E-state index in [1.165, 1.54) is 16.8 Å². The molecule has 0 fully saturated rings. The Balaban J connectivity index is 1.64. The highest BCUT2D eigenvalue weighted by Gasteiger charge is 2.29. The van der Waals surface area contributed by atoms with Crippen molar-refractivity contribution in [2.75, 3.05) is 10.2 Å². The monoisotopic (exact) mass is 345 g/mol. The molecular weight excluding hydrogens is 322 g/mol. The van der Waals surface area contributed by atoms with Crippen molar-refractivity contribution in [1.29, 1.82) is 0 Å². The molecule has 0 amide bonds. The van der Waals surface area contributed by atoms with Crippen molar-refractivity contribution >= 4 is 17.6 Å². The SMILES string of the molecule is CCc1nc(NCc2ccccc2)nc(N2c3ccccc3CC2C)n1. The lowest BCUT2D eigenvalue weighted by Crippen LogP contribution is -2.27. The lowest BCUT2D eigenvalue weighted by atomic mass is 10.1. The molecule has 1 aliphatic rings. The molecule has 1 unspecified atom stereocenters. The van der Waals surface area contributed by atoms with E-state index in [0.717, 1.165) is 24.6 Å². The van der Waals surface area contributed by atoms with Crippen molar-refractivity contribution in [1.82, 2.24) is 15.0 Å². The van der Waals surface area contributed by atoms with Gasteiger partial charge in [0, 0.05) is 24.7 Å². The molecule has 2 heterocycles. The Kier molecular flexibility index (Phi) is 4.52. The maximum atomic E-state index is 4.72. The Morgan fingerprint density at radius 2 is 1.77 bits per heavy atom. The Morgan fingerprint density at radius 1 is 1.00 bits per heavy atom. The van der Waals surface area contributed by atoms with Gasteiger partial charge >= 0.3 is 0 Å². The molecule has 5 heteroatoms. The van der Waals surface area contributed by atoms with E-state index in [2.05, 4.69) is 65.4 Å². The van der Waals surface area contributed by atoms with Crippen LogP contribution in [0.2, 0.25) is 0 Å². The van der Waals surface area contributed by atoms with Crippen LogP contribution in [-0.2, 0) is 19.4 Å². The van der Waals surface area contributed by atoms with Crippen LogP contribution in [0.1, 0.15) is 30.8 Å². The van der Waals surface area contributed by atoms with Crippen LogP contribution in [0.5, 0.6) is 0 Å². The molecule has 0 bridgehead atoms. The first-order chi connectivity index (χ1) is 12.7. The number of fused-ring (bicyclic) bond motifs is 1. The van der Waals surface area contributed by atoms with Crippen molar-refractivity contribution < 1.29 is 0 Å². The van der Waals surface area contributed by atoms with E-state index in [1.54, 1.807) is 0 Å². The molecule has 0 radical (unpaired) electrons. The van der Waals surface area contributed by atoms with Gasteiger partial charge in [-0.05, 0) is 30.5 Å². The number of nitrogens with one attached hydrogen (secondary N) is 1. The molecule has 1 N–H and O–H groups in total. The van der Waals surface area contributed by atoms with Gasteiger partial charge in [-0.25, -0.2) is 0 Å². The van der Waals surface area contributed by atoms with Crippen LogP contribution in [0.15, 0.2) is 54.6 Å². The summed E-state index contributed by atoms with van der Waals surface area (Å²) in [6, 6.07) is 19.1. The minimum Gasteiger partial charge on any atom is -0.350 e. The number of aromatic nitrogens is 3. The molecule has 4 rings (SSSR count). The molecule has 2 aromatic carbocycles. The number of rotatable bonds is 5. The van der Waals surface area contributed by atoms with Gasteiger partial charge in [-0.15, -0.1) is 0 Å². The summed E-state index contributed by atoms with van der Waals surface area (Å²) in [5, 5.41) is 3.35. The zero-order valence-electron chi connectivity index (χ0n) is 15.2. The molecule has 0 aliphatic carbocycles. The van der Waals surface area contributed by atoms with Gasteiger partial charge in [0.2, 0.25) is 11.9 Å². The molecule has 26 heavy (non-hydrogen) atoms. The third kappa shape index (κ3) is 3.25. The molecule has 5 nitrogen and oxygen atoms in total. The van der Waals surface area contributed by atoms with E-state index in [9.17, 15) is 0 Å². The van der Waals surface area contributed by atoms with Crippen molar-refractivity contribution in [3.05, 3.63) is 71.5 Å². The number of anilines is 3. The average Bonchev–Trinajstić information content (AvgIpc) is 3.02. The van der Waals surface area contributed by atoms with Gasteiger partial charge < -0.3 is 10.2 Å². The molecule has 0 spiro atoms. The fourth-order valence-corrected chi connectivity index (χ4v) is 3.40. The second-order valence-corrected chi connectivity index (χ2v) is 6.62. The third-order valence-electron chi connectivity index (χ3n) is 4.70. The number of hydrogen-bond acceptors (Lipinski definition) is 5. The van der Waals surface area contributed by atoms with E-state index >= 15 is 0 Å². The minimum absolute atomic E-state index is 0.335. The van der Waals surface area contributed by atoms with E-state index in [1.807, 2.05) is 18.2 Å². The second-order valence-electron chi connectivity index (χ2n) is 6.62. The van der Waals surface area contributed by atoms with Crippen molar-refractivity contribution in [3.63, 3.8) is 0 Å². The maximum Gasteiger partial charge on any atom is 0.235 e. The minimum atomic E-state index is 0.335. The zero-order chi connectivity index (χ0) is 17.9. The van der Waals surface area contributed by atoms with E-state index in [0.29, 0.717) is 18.5 Å². The summed E-state index contributed by atoms with van der Waals surface area (Å²) in [5.41, 5.74) is 3.74. The van der Waals surface area contributed by atoms with Crippen LogP contribution >= 0.6 is 0 Å². The van der Waals surface area contributed by atoms with Gasteiger partial charge in [0.1, 0.15) is 5.82 Å². The molecule has 132 valence electrons. The normalized spacial score (nSPS) is 15.8. The largest absolute Gasteiger partial charge is 0.350 e. The highest BCUT2D eigenvalue weighted by atomic mass is 15.3. The summed E-state index contributed by atoms with van der Waals surface area (Å²) < 4.78 is 0. The Bertz CT molecular complexity index is 894. The average molecular weight is 345 g/mol. The zero-order valence-corrected chi connectivity index (χ0v) is 15.2. The van der Waals surface area contributed by atoms with Gasteiger partial charge in [0.15, 0.2) is 0 Å². The predicted octanol–water partition coefficient (Wildman–Crippen LogP) is 4.13. The fraction of sp³-hybridized carbons (Fsp3) is 0.286. The van der Waals surface area contributed by atoms with Crippen LogP contribution in [0.25, 0.3) is 0 Å². The number of para-hydroxylation sites is 1. The summed E-state index contributed by atoms with van der Waals surface area (Å²) in [4.78, 5) is 16.2. The van der Waals surface area contributed by atoms with Crippen LogP contribution in [0.3, 0.4) is 0 Å². The smallest absolute Gasteiger partial charge is 0.235 e. The lowest BCUT2D eigenvalue weighted by Gasteiger charge is -2.23. The summed E-state index contributed by atoms with van der Waals surface area (Å²) >= 11 is 0. The summed E-state index contributed by atoms with van der Waals surface area (Å²) in [7, 11) is 0. The Morgan fingerprint density at radius 3 is 2.58 bits per heavy atom. The summed E-state index contributed by atoms with van der Waals surface area (Å²) in [6.45, 7) is 4.98. The van der Waals surface area contributed by atoms with Crippen LogP contribution < -0.4 is 10.2 Å². The number of nitrogens with zero attached hydrogens (tertiary/aromatic N) is 4. The first kappa shape index (κ1) is 16.5. The summed E-state index contributed by atoms with van der Waals surface area (Å²) in [5.74, 6) is 2.17. The van der Waals surface area contributed by atoms with Gasteiger partial charge in [-0.2, -0.15) is 15.0 Å². The van der Waals surface area contributed by atoms with Crippen LogP contribution in [0.4, 0.5) is 17.6 Å². The van der Waals surface area contributed by atoms with Gasteiger partial charge in [0.25, 0.3) is 0 Å². The summed E-state index contributed by atoms with van der Waals surface area (Å²) in [6.07, 6.45) is 1.79. The van der Waals surface area contributed by atoms with E-state index in [4.69, 9.17) is 9.97 Å². The molecular formula is C21H23N5. The number of benzene rings is 2. The third-order valence-corrected chi connectivity index (χ3v) is 4.70. The fourth-order valence-electron chi connectivity index (χ4n) is 3.40. The highest BCUT2D eigenvalue weighted by Crippen LogP contribution is 2.36. The number of aryl methyl sites for hydroxylation is 1. The predicted molar refractivity (Wildman–Crippen MR) is 105 cm³/mol. The highest BCUT2D eigenvalue weighted by molar-refractivity contribution is 5.67. The van der Waals surface area contributed by atoms with Crippen molar-refractivity contribution in [2.24, 2.45) is 0 Å². The topological polar surface area (TPSA) is 53.9 Å². The number of hydrogen-bond donors (Lipinski definition) is 1. The van der Waals surface area contributed by atoms with Gasteiger partial charge in [-0.3, -0.25) is 0 Å². The van der Waals surface area contributed by atoms with E-state index < -0.39 is 0 Å². The standard InChI is InChI=1S/C21H23N5/c1-3-19-23-20(22-14-16-9-5-4-6-10-16)25-21(24-19)26-15(2)13-17-11-7-8-12-18(17)26/h4-12,15H,3,13-14H2,1-2H3,(H,22,23,24,25). The molecule has 1 aromatic heterocycles. The van der Waals surface area contributed by atoms with Gasteiger partial charge in [-0.1, -0.05) is 55.5 Å². The molecule has 1 aliphatic heterocycles. The van der Waals surface area contributed by atoms with Crippen molar-refractivity contribution in [3.8, 4) is 0 Å². The van der Waals surface area contributed by atoms with Crippen LogP contribution in [-0.4, -0.2) is 21.0 Å². The molecule has 0 saturated carbocycles. The molecule has 0 saturated heterocycles. The quantitative estimate of drug-likeness (QED) is 0.753. The maximum absolute atomic E-state index is 4.72. The lowest BCUT2D eigenvalue weighted by molar-refractivity contribution is 0.729. The van der Waals surface area contributed by atoms with Crippen LogP contribution in [0, 0.1) is 0 Å². The van der Waals surface area contributed by atoms with Crippen molar-refractivity contribution in [2.45, 2.75) is 39.3 Å². The first-order valence-corrected chi connectivity index (χ1v) is 9.14. The Hall–Kier alpha value is -2.95. The Labute approximate surface area is 154 Å². The molecule has 3 aromatic rings. The van der Waals surface area contributed by atoms with E-state index in [-0.39, 0.29) is 0 Å². The molecule has 1 atom stereocenters. The van der Waals surface area contributed by atoms with Gasteiger partial charge in [0.05, 0.1) is 0 Å². The second kappa shape index (κ2) is 7.12.